The average Bonchev–Trinajstić information content (AvgIpc) is 2.70. The van der Waals surface area contributed by atoms with Crippen LogP contribution in [-0.4, -0.2) is 31.1 Å². The molecule has 2 rings (SSSR count). The zero-order valence-corrected chi connectivity index (χ0v) is 15.8. The van der Waals surface area contributed by atoms with Crippen molar-refractivity contribution in [2.75, 3.05) is 13.2 Å². The van der Waals surface area contributed by atoms with Crippen molar-refractivity contribution in [2.45, 2.75) is 23.5 Å². The highest BCUT2D eigenvalue weighted by molar-refractivity contribution is 8.00. The molecule has 6 nitrogen and oxygen atoms in total. The second kappa shape index (κ2) is 11.0. The van der Waals surface area contributed by atoms with E-state index in [9.17, 15) is 14.4 Å². The van der Waals surface area contributed by atoms with Crippen molar-refractivity contribution < 1.29 is 19.1 Å². The Labute approximate surface area is 162 Å². The van der Waals surface area contributed by atoms with Crippen LogP contribution >= 0.6 is 11.8 Å². The molecule has 7 heteroatoms. The highest BCUT2D eigenvalue weighted by atomic mass is 32.2. The number of esters is 1. The van der Waals surface area contributed by atoms with Gasteiger partial charge in [-0.1, -0.05) is 55.5 Å². The van der Waals surface area contributed by atoms with E-state index in [2.05, 4.69) is 10.6 Å². The van der Waals surface area contributed by atoms with Gasteiger partial charge in [0.25, 0.3) is 5.91 Å². The van der Waals surface area contributed by atoms with E-state index in [4.69, 9.17) is 4.74 Å². The third-order valence-electron chi connectivity index (χ3n) is 3.45. The van der Waals surface area contributed by atoms with Gasteiger partial charge in [0.15, 0.2) is 6.61 Å². The van der Waals surface area contributed by atoms with Crippen LogP contribution in [0.2, 0.25) is 0 Å². The predicted octanol–water partition coefficient (Wildman–Crippen LogP) is 3.30. The Balaban J connectivity index is 1.97. The quantitative estimate of drug-likeness (QED) is 0.537. The van der Waals surface area contributed by atoms with Crippen molar-refractivity contribution in [3.63, 3.8) is 0 Å². The maximum atomic E-state index is 12.6. The van der Waals surface area contributed by atoms with E-state index in [1.54, 1.807) is 0 Å². The highest BCUT2D eigenvalue weighted by Crippen LogP contribution is 2.36. The lowest BCUT2D eigenvalue weighted by molar-refractivity contribution is -0.147. The number of amides is 3. The van der Waals surface area contributed by atoms with Crippen molar-refractivity contribution in [1.29, 1.82) is 0 Å². The van der Waals surface area contributed by atoms with E-state index >= 15 is 0 Å². The minimum Gasteiger partial charge on any atom is -0.454 e. The molecule has 0 spiro atoms. The molecule has 142 valence electrons. The van der Waals surface area contributed by atoms with Crippen LogP contribution in [0.1, 0.15) is 24.2 Å². The molecule has 2 aromatic rings. The minimum absolute atomic E-state index is 0.461. The van der Waals surface area contributed by atoms with Gasteiger partial charge in [0.2, 0.25) is 0 Å². The topological polar surface area (TPSA) is 84.5 Å². The number of ether oxygens (including phenoxy) is 1. The van der Waals surface area contributed by atoms with E-state index in [1.807, 2.05) is 67.6 Å². The lowest BCUT2D eigenvalue weighted by Gasteiger charge is -2.16. The number of carbonyl (C=O) groups excluding carboxylic acids is 3. The van der Waals surface area contributed by atoms with Crippen LogP contribution in [0.4, 0.5) is 4.79 Å². The average molecular weight is 386 g/mol. The molecule has 0 heterocycles. The molecule has 3 amide bonds. The summed E-state index contributed by atoms with van der Waals surface area (Å²) in [5.74, 6) is -1.22. The number of nitrogens with one attached hydrogen (secondary N) is 2. The predicted molar refractivity (Wildman–Crippen MR) is 104 cm³/mol. The Hall–Kier alpha value is -2.80. The second-order valence-corrected chi connectivity index (χ2v) is 6.81. The molecular formula is C20H22N2O4S. The van der Waals surface area contributed by atoms with Crippen molar-refractivity contribution in [1.82, 2.24) is 10.6 Å². The molecule has 0 saturated heterocycles. The minimum atomic E-state index is -0.673. The Kier molecular flexibility index (Phi) is 8.38. The van der Waals surface area contributed by atoms with Gasteiger partial charge in [-0.15, -0.1) is 11.8 Å². The summed E-state index contributed by atoms with van der Waals surface area (Å²) in [7, 11) is 0. The third-order valence-corrected chi connectivity index (χ3v) is 4.69. The van der Waals surface area contributed by atoms with Gasteiger partial charge < -0.3 is 10.1 Å². The van der Waals surface area contributed by atoms with Crippen molar-refractivity contribution >= 4 is 29.7 Å². The summed E-state index contributed by atoms with van der Waals surface area (Å²) in [5, 5.41) is 4.03. The number of thioether (sulfide) groups is 1. The molecule has 0 unspecified atom stereocenters. The lowest BCUT2D eigenvalue weighted by atomic mass is 10.1. The largest absolute Gasteiger partial charge is 0.454 e. The highest BCUT2D eigenvalue weighted by Gasteiger charge is 2.24. The fraction of sp³-hybridized carbons (Fsp3) is 0.250. The van der Waals surface area contributed by atoms with Crippen LogP contribution in [0.5, 0.6) is 0 Å². The maximum absolute atomic E-state index is 12.6. The molecule has 0 aliphatic heterocycles. The molecule has 0 bridgehead atoms. The zero-order chi connectivity index (χ0) is 19.5. The van der Waals surface area contributed by atoms with E-state index in [0.29, 0.717) is 6.54 Å². The van der Waals surface area contributed by atoms with Gasteiger partial charge in [0.1, 0.15) is 5.25 Å². The summed E-state index contributed by atoms with van der Waals surface area (Å²) < 4.78 is 5.15. The van der Waals surface area contributed by atoms with Crippen molar-refractivity contribution in [3.8, 4) is 0 Å². The summed E-state index contributed by atoms with van der Waals surface area (Å²) in [6.45, 7) is 1.85. The summed E-state index contributed by atoms with van der Waals surface area (Å²) >= 11 is 1.34. The van der Waals surface area contributed by atoms with E-state index < -0.39 is 29.8 Å². The van der Waals surface area contributed by atoms with Gasteiger partial charge in [-0.3, -0.25) is 14.9 Å². The van der Waals surface area contributed by atoms with Gasteiger partial charge >= 0.3 is 12.0 Å². The SMILES string of the molecule is CCCNC(=O)NC(=O)COC(=O)[C@@H](Sc1ccccc1)c1ccccc1. The molecular weight excluding hydrogens is 364 g/mol. The Morgan fingerprint density at radius 2 is 1.63 bits per heavy atom. The van der Waals surface area contributed by atoms with Gasteiger partial charge in [0.05, 0.1) is 0 Å². The second-order valence-electron chi connectivity index (χ2n) is 5.63. The van der Waals surface area contributed by atoms with E-state index in [-0.39, 0.29) is 0 Å². The molecule has 2 aromatic carbocycles. The summed E-state index contributed by atoms with van der Waals surface area (Å²) in [6, 6.07) is 18.1. The first kappa shape index (κ1) is 20.5. The molecule has 0 saturated carbocycles. The van der Waals surface area contributed by atoms with Crippen LogP contribution in [-0.2, 0) is 14.3 Å². The monoisotopic (exact) mass is 386 g/mol. The molecule has 2 N–H and O–H groups in total. The normalized spacial score (nSPS) is 11.3. The summed E-state index contributed by atoms with van der Waals surface area (Å²) in [5.41, 5.74) is 0.775. The number of hydrogen-bond acceptors (Lipinski definition) is 5. The zero-order valence-electron chi connectivity index (χ0n) is 15.0. The molecule has 0 aromatic heterocycles. The number of urea groups is 1. The number of imide groups is 1. The fourth-order valence-corrected chi connectivity index (χ4v) is 3.22. The lowest BCUT2D eigenvalue weighted by Crippen LogP contribution is -2.41. The van der Waals surface area contributed by atoms with Crippen LogP contribution in [0.15, 0.2) is 65.6 Å². The van der Waals surface area contributed by atoms with Crippen LogP contribution in [0.25, 0.3) is 0 Å². The fourth-order valence-electron chi connectivity index (χ4n) is 2.17. The van der Waals surface area contributed by atoms with Crippen LogP contribution in [0, 0.1) is 0 Å². The number of rotatable bonds is 8. The third kappa shape index (κ3) is 7.15. The van der Waals surface area contributed by atoms with Crippen LogP contribution in [0.3, 0.4) is 0 Å². The molecule has 27 heavy (non-hydrogen) atoms. The van der Waals surface area contributed by atoms with Crippen molar-refractivity contribution in [3.05, 3.63) is 66.2 Å². The van der Waals surface area contributed by atoms with Crippen LogP contribution < -0.4 is 10.6 Å². The molecule has 0 fully saturated rings. The number of hydrogen-bond donors (Lipinski definition) is 2. The van der Waals surface area contributed by atoms with Crippen molar-refractivity contribution in [2.24, 2.45) is 0 Å². The van der Waals surface area contributed by atoms with Gasteiger partial charge in [-0.25, -0.2) is 4.79 Å². The molecule has 0 aliphatic rings. The standard InChI is InChI=1S/C20H22N2O4S/c1-2-13-21-20(25)22-17(23)14-26-19(24)18(15-9-5-3-6-10-15)27-16-11-7-4-8-12-16/h3-12,18H,2,13-14H2,1H3,(H2,21,22,23,25)/t18-/m0/s1. The first-order valence-electron chi connectivity index (χ1n) is 8.61. The Bertz CT molecular complexity index is 753. The summed E-state index contributed by atoms with van der Waals surface area (Å²) in [6.07, 6.45) is 0.756. The number of benzene rings is 2. The molecule has 0 aliphatic carbocycles. The van der Waals surface area contributed by atoms with Gasteiger partial charge in [0, 0.05) is 11.4 Å². The smallest absolute Gasteiger partial charge is 0.324 e. The molecule has 1 atom stereocenters. The summed E-state index contributed by atoms with van der Waals surface area (Å²) in [4.78, 5) is 36.7. The van der Waals surface area contributed by atoms with E-state index in [1.165, 1.54) is 11.8 Å². The Morgan fingerprint density at radius 3 is 2.26 bits per heavy atom. The van der Waals surface area contributed by atoms with Gasteiger partial charge in [-0.05, 0) is 24.1 Å². The van der Waals surface area contributed by atoms with Gasteiger partial charge in [-0.2, -0.15) is 0 Å². The van der Waals surface area contributed by atoms with E-state index in [0.717, 1.165) is 16.9 Å². The first-order chi connectivity index (χ1) is 13.1. The first-order valence-corrected chi connectivity index (χ1v) is 9.49. The molecule has 0 radical (unpaired) electrons. The maximum Gasteiger partial charge on any atom is 0.324 e. The Morgan fingerprint density at radius 1 is 1.00 bits per heavy atom. The number of carbonyl (C=O) groups is 3.